The van der Waals surface area contributed by atoms with Gasteiger partial charge in [-0.05, 0) is 55.5 Å². The monoisotopic (exact) mass is 355 g/mol. The standard InChI is InChI=1S/C19H17NO2S2/c1-15-7-13-19(14-8-15)24(21,22)20-16-9-11-18(12-10-16)23-17-5-3-2-4-6-17/h2-14,20H,1H3. The fourth-order valence-corrected chi connectivity index (χ4v) is 4.04. The first-order valence-corrected chi connectivity index (χ1v) is 9.75. The maximum absolute atomic E-state index is 12.4. The third-order valence-corrected chi connectivity index (χ3v) is 5.83. The summed E-state index contributed by atoms with van der Waals surface area (Å²) < 4.78 is 27.4. The van der Waals surface area contributed by atoms with E-state index in [0.29, 0.717) is 5.69 Å². The number of aryl methyl sites for hydroxylation is 1. The van der Waals surface area contributed by atoms with E-state index in [1.165, 1.54) is 0 Å². The van der Waals surface area contributed by atoms with Crippen LogP contribution in [0.15, 0.2) is 93.5 Å². The lowest BCUT2D eigenvalue weighted by Gasteiger charge is -2.09. The van der Waals surface area contributed by atoms with Crippen LogP contribution < -0.4 is 4.72 Å². The van der Waals surface area contributed by atoms with E-state index < -0.39 is 10.0 Å². The van der Waals surface area contributed by atoms with Crippen LogP contribution in [0, 0.1) is 6.92 Å². The van der Waals surface area contributed by atoms with E-state index in [2.05, 4.69) is 4.72 Å². The van der Waals surface area contributed by atoms with E-state index in [1.807, 2.05) is 49.4 Å². The number of nitrogens with one attached hydrogen (secondary N) is 1. The van der Waals surface area contributed by atoms with E-state index in [0.717, 1.165) is 15.4 Å². The Labute approximate surface area is 146 Å². The number of hydrogen-bond donors (Lipinski definition) is 1. The van der Waals surface area contributed by atoms with Crippen LogP contribution in [0.2, 0.25) is 0 Å². The van der Waals surface area contributed by atoms with Gasteiger partial charge in [0.05, 0.1) is 4.90 Å². The van der Waals surface area contributed by atoms with Gasteiger partial charge in [-0.15, -0.1) is 0 Å². The van der Waals surface area contributed by atoms with Crippen LogP contribution in [0.5, 0.6) is 0 Å². The molecule has 24 heavy (non-hydrogen) atoms. The molecule has 0 amide bonds. The molecule has 3 nitrogen and oxygen atoms in total. The van der Waals surface area contributed by atoms with Crippen molar-refractivity contribution in [3.05, 3.63) is 84.4 Å². The lowest BCUT2D eigenvalue weighted by atomic mass is 10.2. The number of rotatable bonds is 5. The highest BCUT2D eigenvalue weighted by atomic mass is 32.2. The summed E-state index contributed by atoms with van der Waals surface area (Å²) in [6.07, 6.45) is 0. The number of hydrogen-bond acceptors (Lipinski definition) is 3. The lowest BCUT2D eigenvalue weighted by Crippen LogP contribution is -2.12. The Kier molecular flexibility index (Phi) is 4.92. The molecular weight excluding hydrogens is 338 g/mol. The third-order valence-electron chi connectivity index (χ3n) is 3.42. The molecule has 0 radical (unpaired) electrons. The first-order valence-electron chi connectivity index (χ1n) is 7.45. The molecule has 0 bridgehead atoms. The summed E-state index contributed by atoms with van der Waals surface area (Å²) in [5.74, 6) is 0. The van der Waals surface area contributed by atoms with Gasteiger partial charge < -0.3 is 0 Å². The second-order valence-corrected chi connectivity index (χ2v) is 8.19. The second-order valence-electron chi connectivity index (χ2n) is 5.36. The molecule has 0 fully saturated rings. The molecule has 0 saturated carbocycles. The zero-order valence-electron chi connectivity index (χ0n) is 13.1. The van der Waals surface area contributed by atoms with Crippen LogP contribution in [0.1, 0.15) is 5.56 Å². The van der Waals surface area contributed by atoms with Crippen molar-refractivity contribution < 1.29 is 8.42 Å². The summed E-state index contributed by atoms with van der Waals surface area (Å²) in [7, 11) is -3.56. The van der Waals surface area contributed by atoms with Gasteiger partial charge >= 0.3 is 0 Å². The van der Waals surface area contributed by atoms with Gasteiger partial charge in [-0.2, -0.15) is 0 Å². The van der Waals surface area contributed by atoms with Gasteiger partial charge in [0.25, 0.3) is 10.0 Å². The smallest absolute Gasteiger partial charge is 0.261 e. The van der Waals surface area contributed by atoms with E-state index >= 15 is 0 Å². The molecule has 5 heteroatoms. The topological polar surface area (TPSA) is 46.2 Å². The van der Waals surface area contributed by atoms with Crippen LogP contribution in [0.3, 0.4) is 0 Å². The van der Waals surface area contributed by atoms with Gasteiger partial charge in [0.15, 0.2) is 0 Å². The van der Waals surface area contributed by atoms with E-state index in [-0.39, 0.29) is 4.90 Å². The minimum atomic E-state index is -3.56. The van der Waals surface area contributed by atoms with Crippen LogP contribution in [-0.2, 0) is 10.0 Å². The molecule has 0 aromatic heterocycles. The molecule has 0 saturated heterocycles. The van der Waals surface area contributed by atoms with Crippen LogP contribution in [0.25, 0.3) is 0 Å². The maximum Gasteiger partial charge on any atom is 0.261 e. The highest BCUT2D eigenvalue weighted by Gasteiger charge is 2.13. The molecular formula is C19H17NO2S2. The average molecular weight is 355 g/mol. The van der Waals surface area contributed by atoms with Crippen molar-refractivity contribution in [2.75, 3.05) is 4.72 Å². The summed E-state index contributed by atoms with van der Waals surface area (Å²) >= 11 is 1.64. The fourth-order valence-electron chi connectivity index (χ4n) is 2.15. The molecule has 3 rings (SSSR count). The Morgan fingerprint density at radius 3 is 1.96 bits per heavy atom. The first-order chi connectivity index (χ1) is 11.5. The minimum absolute atomic E-state index is 0.260. The molecule has 3 aromatic rings. The van der Waals surface area contributed by atoms with Gasteiger partial charge in [-0.25, -0.2) is 8.42 Å². The number of benzene rings is 3. The third kappa shape index (κ3) is 4.19. The van der Waals surface area contributed by atoms with Crippen molar-refractivity contribution in [1.82, 2.24) is 0 Å². The van der Waals surface area contributed by atoms with Crippen molar-refractivity contribution in [3.63, 3.8) is 0 Å². The molecule has 0 heterocycles. The molecule has 0 aliphatic rings. The Morgan fingerprint density at radius 1 is 0.750 bits per heavy atom. The quantitative estimate of drug-likeness (QED) is 0.704. The van der Waals surface area contributed by atoms with Gasteiger partial charge in [0.2, 0.25) is 0 Å². The maximum atomic E-state index is 12.4. The number of sulfonamides is 1. The average Bonchev–Trinajstić information content (AvgIpc) is 2.58. The van der Waals surface area contributed by atoms with Gasteiger partial charge in [0.1, 0.15) is 0 Å². The van der Waals surface area contributed by atoms with Crippen molar-refractivity contribution in [3.8, 4) is 0 Å². The summed E-state index contributed by atoms with van der Waals surface area (Å²) in [6, 6.07) is 24.2. The first kappa shape index (κ1) is 16.6. The van der Waals surface area contributed by atoms with Crippen LogP contribution in [0.4, 0.5) is 5.69 Å². The zero-order chi connectivity index (χ0) is 17.0. The summed E-state index contributed by atoms with van der Waals surface area (Å²) in [4.78, 5) is 2.46. The lowest BCUT2D eigenvalue weighted by molar-refractivity contribution is 0.601. The predicted molar refractivity (Wildman–Crippen MR) is 99.0 cm³/mol. The fraction of sp³-hybridized carbons (Fsp3) is 0.0526. The molecule has 0 aliphatic carbocycles. The summed E-state index contributed by atoms with van der Waals surface area (Å²) in [5.41, 5.74) is 1.57. The van der Waals surface area contributed by atoms with E-state index in [9.17, 15) is 8.42 Å². The van der Waals surface area contributed by atoms with E-state index in [1.54, 1.807) is 48.2 Å². The number of anilines is 1. The predicted octanol–water partition coefficient (Wildman–Crippen LogP) is 4.95. The van der Waals surface area contributed by atoms with E-state index in [4.69, 9.17) is 0 Å². The zero-order valence-corrected chi connectivity index (χ0v) is 14.8. The highest BCUT2D eigenvalue weighted by molar-refractivity contribution is 7.99. The van der Waals surface area contributed by atoms with Crippen molar-refractivity contribution in [1.29, 1.82) is 0 Å². The molecule has 1 N–H and O–H groups in total. The summed E-state index contributed by atoms with van der Waals surface area (Å²) in [5, 5.41) is 0. The molecule has 0 unspecified atom stereocenters. The Morgan fingerprint density at radius 2 is 1.33 bits per heavy atom. The molecule has 0 aliphatic heterocycles. The molecule has 3 aromatic carbocycles. The van der Waals surface area contributed by atoms with Crippen LogP contribution >= 0.6 is 11.8 Å². The normalized spacial score (nSPS) is 11.2. The Bertz CT molecular complexity index is 904. The largest absolute Gasteiger partial charge is 0.280 e. The molecule has 122 valence electrons. The highest BCUT2D eigenvalue weighted by Crippen LogP contribution is 2.28. The second kappa shape index (κ2) is 7.11. The molecule has 0 spiro atoms. The minimum Gasteiger partial charge on any atom is -0.280 e. The van der Waals surface area contributed by atoms with Crippen molar-refractivity contribution in [2.24, 2.45) is 0 Å². The van der Waals surface area contributed by atoms with Gasteiger partial charge in [-0.1, -0.05) is 47.7 Å². The Balaban J connectivity index is 1.73. The molecule has 0 atom stereocenters. The summed E-state index contributed by atoms with van der Waals surface area (Å²) in [6.45, 7) is 1.92. The van der Waals surface area contributed by atoms with Crippen molar-refractivity contribution >= 4 is 27.5 Å². The van der Waals surface area contributed by atoms with Gasteiger partial charge in [-0.3, -0.25) is 4.72 Å². The van der Waals surface area contributed by atoms with Gasteiger partial charge in [0, 0.05) is 15.5 Å². The Hall–Kier alpha value is -2.24. The van der Waals surface area contributed by atoms with Crippen molar-refractivity contribution in [2.45, 2.75) is 21.6 Å². The van der Waals surface area contributed by atoms with Crippen LogP contribution in [-0.4, -0.2) is 8.42 Å². The SMILES string of the molecule is Cc1ccc(S(=O)(=O)Nc2ccc(Sc3ccccc3)cc2)cc1.